The van der Waals surface area contributed by atoms with Gasteiger partial charge in [-0.1, -0.05) is 84.9 Å². The molecule has 4 rings (SSSR count). The Kier molecular flexibility index (Phi) is 8.60. The van der Waals surface area contributed by atoms with E-state index in [9.17, 15) is 9.59 Å². The van der Waals surface area contributed by atoms with E-state index in [4.69, 9.17) is 9.47 Å². The molecular formula is C32H26O4. The van der Waals surface area contributed by atoms with E-state index in [0.717, 1.165) is 16.9 Å². The first-order valence-electron chi connectivity index (χ1n) is 11.7. The summed E-state index contributed by atoms with van der Waals surface area (Å²) in [6.45, 7) is 0.747. The molecule has 0 radical (unpaired) electrons. The number of hydrogen-bond acceptors (Lipinski definition) is 4. The summed E-state index contributed by atoms with van der Waals surface area (Å²) in [5, 5.41) is 0. The number of rotatable bonds is 11. The Bertz CT molecular complexity index is 1320. The van der Waals surface area contributed by atoms with Crippen molar-refractivity contribution >= 4 is 23.7 Å². The van der Waals surface area contributed by atoms with Gasteiger partial charge in [-0.05, 0) is 59.7 Å². The smallest absolute Gasteiger partial charge is 0.185 e. The lowest BCUT2D eigenvalue weighted by Crippen LogP contribution is -2.09. The van der Waals surface area contributed by atoms with Gasteiger partial charge >= 0.3 is 0 Å². The van der Waals surface area contributed by atoms with E-state index in [-0.39, 0.29) is 11.6 Å². The molecule has 0 aromatic heterocycles. The summed E-state index contributed by atoms with van der Waals surface area (Å²) in [6, 6.07) is 33.4. The molecule has 0 spiro atoms. The summed E-state index contributed by atoms with van der Waals surface area (Å²) in [4.78, 5) is 24.5. The summed E-state index contributed by atoms with van der Waals surface area (Å²) >= 11 is 0. The van der Waals surface area contributed by atoms with Crippen LogP contribution >= 0.6 is 0 Å². The van der Waals surface area contributed by atoms with Crippen molar-refractivity contribution in [1.29, 1.82) is 0 Å². The zero-order valence-electron chi connectivity index (χ0n) is 19.7. The van der Waals surface area contributed by atoms with Crippen LogP contribution in [0, 0.1) is 0 Å². The van der Waals surface area contributed by atoms with E-state index < -0.39 is 0 Å². The Morgan fingerprint density at radius 3 is 1.44 bits per heavy atom. The topological polar surface area (TPSA) is 52.6 Å². The van der Waals surface area contributed by atoms with E-state index in [2.05, 4.69) is 0 Å². The number of hydrogen-bond donors (Lipinski definition) is 0. The second-order valence-corrected chi connectivity index (χ2v) is 7.96. The molecule has 4 nitrogen and oxygen atoms in total. The van der Waals surface area contributed by atoms with Crippen LogP contribution in [0.1, 0.15) is 31.8 Å². The minimum absolute atomic E-state index is 0.0332. The van der Waals surface area contributed by atoms with Crippen molar-refractivity contribution in [3.63, 3.8) is 0 Å². The van der Waals surface area contributed by atoms with Crippen LogP contribution in [0.4, 0.5) is 0 Å². The van der Waals surface area contributed by atoms with Crippen molar-refractivity contribution in [2.45, 2.75) is 0 Å². The molecule has 4 heteroatoms. The maximum atomic E-state index is 12.3. The van der Waals surface area contributed by atoms with E-state index in [1.165, 1.54) is 0 Å². The molecule has 36 heavy (non-hydrogen) atoms. The number of benzene rings is 4. The summed E-state index contributed by atoms with van der Waals surface area (Å²) < 4.78 is 11.5. The first kappa shape index (κ1) is 24.4. The third kappa shape index (κ3) is 7.40. The highest BCUT2D eigenvalue weighted by atomic mass is 16.5. The molecular weight excluding hydrogens is 448 g/mol. The minimum atomic E-state index is -0.0588. The second-order valence-electron chi connectivity index (χ2n) is 7.96. The molecule has 4 aromatic rings. The number of allylic oxidation sites excluding steroid dienone is 2. The molecule has 0 amide bonds. The lowest BCUT2D eigenvalue weighted by Gasteiger charge is -2.09. The van der Waals surface area contributed by atoms with Crippen LogP contribution in [-0.2, 0) is 0 Å². The minimum Gasteiger partial charge on any atom is -0.490 e. The van der Waals surface area contributed by atoms with Crippen LogP contribution in [0.15, 0.2) is 121 Å². The summed E-state index contributed by atoms with van der Waals surface area (Å²) in [5.74, 6) is 1.30. The zero-order valence-corrected chi connectivity index (χ0v) is 19.7. The van der Waals surface area contributed by atoms with Crippen LogP contribution in [0.25, 0.3) is 12.2 Å². The van der Waals surface area contributed by atoms with E-state index in [1.807, 2.05) is 72.8 Å². The predicted molar refractivity (Wildman–Crippen MR) is 143 cm³/mol. The predicted octanol–water partition coefficient (Wildman–Crippen LogP) is 6.94. The monoisotopic (exact) mass is 474 g/mol. The van der Waals surface area contributed by atoms with Gasteiger partial charge < -0.3 is 9.47 Å². The van der Waals surface area contributed by atoms with Crippen molar-refractivity contribution in [1.82, 2.24) is 0 Å². The molecule has 178 valence electrons. The molecule has 0 aliphatic carbocycles. The van der Waals surface area contributed by atoms with Crippen molar-refractivity contribution in [2.24, 2.45) is 0 Å². The van der Waals surface area contributed by atoms with Crippen molar-refractivity contribution in [2.75, 3.05) is 13.2 Å². The van der Waals surface area contributed by atoms with Crippen molar-refractivity contribution < 1.29 is 19.1 Å². The standard InChI is InChI=1S/C32H26O4/c33-31(27-9-5-2-6-10-27)22-14-26-11-17-29(18-12-26)35-23-24-36-30-19-15-28(16-20-30)32(34)21-13-25-7-3-1-4-8-25/h1-22H,23-24H2/b21-13+,22-14-. The molecule has 0 atom stereocenters. The quantitative estimate of drug-likeness (QED) is 0.134. The highest BCUT2D eigenvalue weighted by Crippen LogP contribution is 2.16. The van der Waals surface area contributed by atoms with Gasteiger partial charge in [0.05, 0.1) is 0 Å². The van der Waals surface area contributed by atoms with Gasteiger partial charge in [0.25, 0.3) is 0 Å². The third-order valence-electron chi connectivity index (χ3n) is 5.35. The fourth-order valence-corrected chi connectivity index (χ4v) is 3.41. The summed E-state index contributed by atoms with van der Waals surface area (Å²) in [5.41, 5.74) is 3.16. The Labute approximate surface area is 211 Å². The number of carbonyl (C=O) groups excluding carboxylic acids is 2. The number of ketones is 2. The molecule has 0 saturated heterocycles. The SMILES string of the molecule is O=C(/C=C\c1ccc(OCCOc2ccc(C(=O)/C=C/c3ccccc3)cc2)cc1)c1ccccc1. The fourth-order valence-electron chi connectivity index (χ4n) is 3.41. The van der Waals surface area contributed by atoms with Gasteiger partial charge in [0.15, 0.2) is 11.6 Å². The fraction of sp³-hybridized carbons (Fsp3) is 0.0625. The molecule has 0 N–H and O–H groups in total. The maximum Gasteiger partial charge on any atom is 0.185 e. The highest BCUT2D eigenvalue weighted by Gasteiger charge is 2.03. The van der Waals surface area contributed by atoms with E-state index in [0.29, 0.717) is 30.1 Å². The summed E-state index contributed by atoms with van der Waals surface area (Å²) in [7, 11) is 0. The molecule has 0 aliphatic heterocycles. The largest absolute Gasteiger partial charge is 0.490 e. The van der Waals surface area contributed by atoms with Gasteiger partial charge in [0.1, 0.15) is 24.7 Å². The average molecular weight is 475 g/mol. The van der Waals surface area contributed by atoms with Crippen LogP contribution in [0.2, 0.25) is 0 Å². The normalized spacial score (nSPS) is 11.0. The molecule has 0 fully saturated rings. The lowest BCUT2D eigenvalue weighted by atomic mass is 10.1. The number of ether oxygens (including phenoxy) is 2. The molecule has 0 heterocycles. The Balaban J connectivity index is 1.19. The van der Waals surface area contributed by atoms with Gasteiger partial charge in [-0.15, -0.1) is 0 Å². The molecule has 0 unspecified atom stereocenters. The Hall–Kier alpha value is -4.70. The van der Waals surface area contributed by atoms with Gasteiger partial charge in [-0.2, -0.15) is 0 Å². The second kappa shape index (κ2) is 12.7. The van der Waals surface area contributed by atoms with Crippen LogP contribution in [0.3, 0.4) is 0 Å². The highest BCUT2D eigenvalue weighted by molar-refractivity contribution is 6.07. The maximum absolute atomic E-state index is 12.3. The first-order chi connectivity index (χ1) is 17.7. The Morgan fingerprint density at radius 1 is 0.500 bits per heavy atom. The molecule has 0 bridgehead atoms. The molecule has 4 aromatic carbocycles. The molecule has 0 saturated carbocycles. The van der Waals surface area contributed by atoms with Gasteiger partial charge in [-0.3, -0.25) is 9.59 Å². The van der Waals surface area contributed by atoms with Gasteiger partial charge in [0, 0.05) is 11.1 Å². The van der Waals surface area contributed by atoms with Crippen LogP contribution in [-0.4, -0.2) is 24.8 Å². The van der Waals surface area contributed by atoms with Crippen molar-refractivity contribution in [3.8, 4) is 11.5 Å². The van der Waals surface area contributed by atoms with Crippen LogP contribution < -0.4 is 9.47 Å². The summed E-state index contributed by atoms with van der Waals surface area (Å²) in [6.07, 6.45) is 6.73. The van der Waals surface area contributed by atoms with Gasteiger partial charge in [-0.25, -0.2) is 0 Å². The lowest BCUT2D eigenvalue weighted by molar-refractivity contribution is 0.103. The molecule has 0 aliphatic rings. The Morgan fingerprint density at radius 2 is 0.917 bits per heavy atom. The third-order valence-corrected chi connectivity index (χ3v) is 5.35. The van der Waals surface area contributed by atoms with E-state index in [1.54, 1.807) is 60.7 Å². The first-order valence-corrected chi connectivity index (χ1v) is 11.7. The van der Waals surface area contributed by atoms with E-state index >= 15 is 0 Å². The number of carbonyl (C=O) groups is 2. The van der Waals surface area contributed by atoms with Gasteiger partial charge in [0.2, 0.25) is 0 Å². The van der Waals surface area contributed by atoms with Crippen LogP contribution in [0.5, 0.6) is 11.5 Å². The van der Waals surface area contributed by atoms with Crippen molar-refractivity contribution in [3.05, 3.63) is 144 Å². The average Bonchev–Trinajstić information content (AvgIpc) is 2.94. The zero-order chi connectivity index (χ0) is 25.0.